The molecule has 3 aromatic heterocycles. The van der Waals surface area contributed by atoms with E-state index in [-0.39, 0.29) is 17.6 Å². The summed E-state index contributed by atoms with van der Waals surface area (Å²) < 4.78 is 6.26. The number of pyridine rings is 2. The molecule has 1 fully saturated rings. The number of hydrogen-bond donors (Lipinski definition) is 2. The maximum Gasteiger partial charge on any atom is 0.336 e. The predicted octanol–water partition coefficient (Wildman–Crippen LogP) is 4.61. The van der Waals surface area contributed by atoms with Crippen LogP contribution < -0.4 is 5.32 Å². The average Bonchev–Trinajstić information content (AvgIpc) is 3.45. The van der Waals surface area contributed by atoms with Gasteiger partial charge < -0.3 is 19.7 Å². The summed E-state index contributed by atoms with van der Waals surface area (Å²) in [6.07, 6.45) is 5.29. The quantitative estimate of drug-likeness (QED) is 0.407. The number of hydrogen-bond acceptors (Lipinski definition) is 5. The minimum absolute atomic E-state index is 0.187. The van der Waals surface area contributed by atoms with Crippen molar-refractivity contribution in [3.8, 4) is 11.3 Å². The van der Waals surface area contributed by atoms with Crippen molar-refractivity contribution >= 4 is 23.3 Å². The number of rotatable bonds is 6. The van der Waals surface area contributed by atoms with Gasteiger partial charge in [0.05, 0.1) is 17.3 Å². The van der Waals surface area contributed by atoms with Gasteiger partial charge in [-0.1, -0.05) is 30.3 Å². The molecule has 0 unspecified atom stereocenters. The molecule has 1 aromatic carbocycles. The van der Waals surface area contributed by atoms with Crippen LogP contribution in [0.5, 0.6) is 0 Å². The van der Waals surface area contributed by atoms with Gasteiger partial charge in [-0.3, -0.25) is 9.97 Å². The fraction of sp³-hybridized carbons (Fsp3) is 0.120. The number of benzene rings is 1. The molecule has 0 radical (unpaired) electrons. The summed E-state index contributed by atoms with van der Waals surface area (Å²) >= 11 is 5.70. The molecule has 0 bridgehead atoms. The fourth-order valence-corrected chi connectivity index (χ4v) is 4.42. The van der Waals surface area contributed by atoms with Gasteiger partial charge in [-0.15, -0.1) is 0 Å². The van der Waals surface area contributed by atoms with Gasteiger partial charge in [0.25, 0.3) is 0 Å². The van der Waals surface area contributed by atoms with E-state index in [0.29, 0.717) is 28.7 Å². The Morgan fingerprint density at radius 1 is 1.06 bits per heavy atom. The standard InChI is InChI=1S/C25H20N4O3S/c30-24(31)18-8-2-1-7-17(18)20-10-11-21(32-20)23-22(19-9-3-4-13-27-19)28-25(33)29(23)15-16-6-5-12-26-14-16/h1-14,22-23H,15H2,(H,28,33)(H,30,31)/t22-,23+/m0/s1. The Kier molecular flexibility index (Phi) is 5.58. The lowest BCUT2D eigenvalue weighted by Gasteiger charge is -2.26. The van der Waals surface area contributed by atoms with Crippen molar-refractivity contribution in [2.24, 2.45) is 0 Å². The van der Waals surface area contributed by atoms with Crippen LogP contribution in [0.1, 0.15) is 39.5 Å². The Morgan fingerprint density at radius 2 is 1.91 bits per heavy atom. The molecule has 0 amide bonds. The number of carbonyl (C=O) groups is 1. The molecule has 8 heteroatoms. The molecule has 2 N–H and O–H groups in total. The van der Waals surface area contributed by atoms with Crippen molar-refractivity contribution in [3.63, 3.8) is 0 Å². The monoisotopic (exact) mass is 456 g/mol. The van der Waals surface area contributed by atoms with Gasteiger partial charge in [0, 0.05) is 30.7 Å². The second-order valence-corrected chi connectivity index (χ2v) is 8.06. The van der Waals surface area contributed by atoms with E-state index in [1.807, 2.05) is 42.6 Å². The number of thiocarbonyl (C=S) groups is 1. The van der Waals surface area contributed by atoms with Gasteiger partial charge in [-0.25, -0.2) is 4.79 Å². The first kappa shape index (κ1) is 20.8. The van der Waals surface area contributed by atoms with Crippen LogP contribution in [-0.2, 0) is 6.54 Å². The molecule has 5 rings (SSSR count). The molecule has 33 heavy (non-hydrogen) atoms. The molecule has 1 saturated heterocycles. The van der Waals surface area contributed by atoms with Gasteiger partial charge in [0.15, 0.2) is 5.11 Å². The number of carboxylic acids is 1. The van der Waals surface area contributed by atoms with Crippen LogP contribution in [0.25, 0.3) is 11.3 Å². The lowest BCUT2D eigenvalue weighted by molar-refractivity contribution is 0.0697. The Labute approximate surface area is 195 Å². The highest BCUT2D eigenvalue weighted by molar-refractivity contribution is 7.80. The van der Waals surface area contributed by atoms with E-state index in [9.17, 15) is 9.90 Å². The number of aromatic nitrogens is 2. The van der Waals surface area contributed by atoms with Gasteiger partial charge in [-0.2, -0.15) is 0 Å². The van der Waals surface area contributed by atoms with Crippen molar-refractivity contribution in [3.05, 3.63) is 108 Å². The lowest BCUT2D eigenvalue weighted by Crippen LogP contribution is -2.29. The number of furan rings is 1. The van der Waals surface area contributed by atoms with Gasteiger partial charge in [0.1, 0.15) is 17.6 Å². The number of aromatic carboxylic acids is 1. The highest BCUT2D eigenvalue weighted by Crippen LogP contribution is 2.41. The molecule has 0 saturated carbocycles. The number of nitrogens with zero attached hydrogens (tertiary/aromatic N) is 3. The van der Waals surface area contributed by atoms with E-state index in [0.717, 1.165) is 11.3 Å². The van der Waals surface area contributed by atoms with Crippen molar-refractivity contribution in [1.29, 1.82) is 0 Å². The van der Waals surface area contributed by atoms with Crippen LogP contribution in [-0.4, -0.2) is 31.1 Å². The molecule has 0 aliphatic carbocycles. The Hall–Kier alpha value is -4.04. The van der Waals surface area contributed by atoms with E-state index in [1.165, 1.54) is 0 Å². The van der Waals surface area contributed by atoms with E-state index in [2.05, 4.69) is 20.2 Å². The molecule has 0 spiro atoms. The third-order valence-electron chi connectivity index (χ3n) is 5.61. The summed E-state index contributed by atoms with van der Waals surface area (Å²) in [5.41, 5.74) is 2.56. The summed E-state index contributed by atoms with van der Waals surface area (Å²) in [6.45, 7) is 0.537. The molecule has 7 nitrogen and oxygen atoms in total. The zero-order chi connectivity index (χ0) is 22.8. The Bertz CT molecular complexity index is 1290. The molecular formula is C25H20N4O3S. The molecule has 1 aliphatic heterocycles. The summed E-state index contributed by atoms with van der Waals surface area (Å²) in [5.74, 6) is 0.149. The van der Waals surface area contributed by atoms with Crippen LogP contribution in [0.2, 0.25) is 0 Å². The third kappa shape index (κ3) is 4.08. The molecule has 4 heterocycles. The van der Waals surface area contributed by atoms with Crippen LogP contribution in [0.4, 0.5) is 0 Å². The Morgan fingerprint density at radius 3 is 2.67 bits per heavy atom. The van der Waals surface area contributed by atoms with Gasteiger partial charge in [-0.05, 0) is 54.2 Å². The van der Waals surface area contributed by atoms with Crippen molar-refractivity contribution < 1.29 is 14.3 Å². The van der Waals surface area contributed by atoms with E-state index >= 15 is 0 Å². The normalized spacial score (nSPS) is 17.7. The number of nitrogens with one attached hydrogen (secondary N) is 1. The largest absolute Gasteiger partial charge is 0.478 e. The maximum atomic E-state index is 11.7. The van der Waals surface area contributed by atoms with Gasteiger partial charge in [0.2, 0.25) is 0 Å². The first-order chi connectivity index (χ1) is 16.1. The molecular weight excluding hydrogens is 436 g/mol. The molecule has 1 aliphatic rings. The fourth-order valence-electron chi connectivity index (χ4n) is 4.11. The zero-order valence-electron chi connectivity index (χ0n) is 17.5. The Balaban J connectivity index is 1.56. The van der Waals surface area contributed by atoms with Crippen molar-refractivity contribution in [2.75, 3.05) is 0 Å². The molecule has 4 aromatic rings. The highest BCUT2D eigenvalue weighted by Gasteiger charge is 2.41. The molecule has 2 atom stereocenters. The zero-order valence-corrected chi connectivity index (χ0v) is 18.3. The summed E-state index contributed by atoms with van der Waals surface area (Å²) in [5, 5.41) is 13.6. The van der Waals surface area contributed by atoms with Crippen LogP contribution in [0, 0.1) is 0 Å². The molecule has 164 valence electrons. The van der Waals surface area contributed by atoms with Crippen LogP contribution >= 0.6 is 12.2 Å². The summed E-state index contributed by atoms with van der Waals surface area (Å²) in [6, 6.07) is 19.6. The average molecular weight is 457 g/mol. The van der Waals surface area contributed by atoms with Gasteiger partial charge >= 0.3 is 5.97 Å². The summed E-state index contributed by atoms with van der Waals surface area (Å²) in [4.78, 5) is 22.5. The summed E-state index contributed by atoms with van der Waals surface area (Å²) in [7, 11) is 0. The third-order valence-corrected chi connectivity index (χ3v) is 5.97. The second-order valence-electron chi connectivity index (χ2n) is 7.67. The maximum absolute atomic E-state index is 11.7. The van der Waals surface area contributed by atoms with Crippen molar-refractivity contribution in [2.45, 2.75) is 18.6 Å². The SMILES string of the molecule is O=C(O)c1ccccc1-c1ccc([C@@H]2[C@H](c3ccccn3)NC(=S)N2Cc2cccnc2)o1. The second kappa shape index (κ2) is 8.84. The topological polar surface area (TPSA) is 91.5 Å². The highest BCUT2D eigenvalue weighted by atomic mass is 32.1. The smallest absolute Gasteiger partial charge is 0.336 e. The lowest BCUT2D eigenvalue weighted by atomic mass is 10.0. The van der Waals surface area contributed by atoms with E-state index < -0.39 is 5.97 Å². The van der Waals surface area contributed by atoms with E-state index in [1.54, 1.807) is 42.7 Å². The predicted molar refractivity (Wildman–Crippen MR) is 126 cm³/mol. The van der Waals surface area contributed by atoms with E-state index in [4.69, 9.17) is 16.6 Å². The minimum Gasteiger partial charge on any atom is -0.478 e. The first-order valence-electron chi connectivity index (χ1n) is 10.4. The first-order valence-corrected chi connectivity index (χ1v) is 10.8. The minimum atomic E-state index is -1.00. The number of carboxylic acid groups (broad SMARTS) is 1. The van der Waals surface area contributed by atoms with Crippen LogP contribution in [0.15, 0.2) is 89.7 Å². The van der Waals surface area contributed by atoms with Crippen molar-refractivity contribution in [1.82, 2.24) is 20.2 Å². The van der Waals surface area contributed by atoms with Crippen LogP contribution in [0.3, 0.4) is 0 Å².